The quantitative estimate of drug-likeness (QED) is 0.183. The first kappa shape index (κ1) is 25.4. The molecule has 2 heterocycles. The van der Waals surface area contributed by atoms with Gasteiger partial charge in [-0.15, -0.1) is 0 Å². The van der Waals surface area contributed by atoms with Gasteiger partial charge < -0.3 is 19.6 Å². The Morgan fingerprint density at radius 3 is 0.929 bits per heavy atom. The summed E-state index contributed by atoms with van der Waals surface area (Å²) in [6, 6.07) is 37.9. The van der Waals surface area contributed by atoms with Crippen LogP contribution in [-0.4, -0.2) is 28.2 Å². The third kappa shape index (κ3) is 4.31. The van der Waals surface area contributed by atoms with Crippen LogP contribution in [0, 0.1) is 23.7 Å². The zero-order valence-electron chi connectivity index (χ0n) is 24.2. The first-order valence-electron chi connectivity index (χ1n) is 14.0. The fourth-order valence-corrected chi connectivity index (χ4v) is 5.81. The van der Waals surface area contributed by atoms with Gasteiger partial charge >= 0.3 is 0 Å². The van der Waals surface area contributed by atoms with E-state index in [2.05, 4.69) is 156 Å². The zero-order valence-corrected chi connectivity index (χ0v) is 24.2. The van der Waals surface area contributed by atoms with Crippen LogP contribution in [0.3, 0.4) is 0 Å². The molecule has 0 spiro atoms. The van der Waals surface area contributed by atoms with Gasteiger partial charge in [-0.2, -0.15) is 0 Å². The van der Waals surface area contributed by atoms with E-state index in [1.54, 1.807) is 0 Å². The van der Waals surface area contributed by atoms with Crippen molar-refractivity contribution in [1.29, 1.82) is 0 Å². The van der Waals surface area contributed by atoms with Crippen molar-refractivity contribution in [2.24, 2.45) is 0 Å². The molecule has 42 heavy (non-hydrogen) atoms. The lowest BCUT2D eigenvalue weighted by Gasteiger charge is -2.36. The molecule has 2 aliphatic heterocycles. The normalized spacial score (nSPS) is 12.7. The van der Waals surface area contributed by atoms with Crippen molar-refractivity contribution < 1.29 is 0 Å². The van der Waals surface area contributed by atoms with Gasteiger partial charge in [-0.25, -0.2) is 0 Å². The predicted octanol–water partition coefficient (Wildman–Crippen LogP) is 8.18. The largest absolute Gasteiger partial charge is 0.341 e. The highest BCUT2D eigenvalue weighted by Gasteiger charge is 2.24. The van der Waals surface area contributed by atoms with Crippen molar-refractivity contribution in [3.05, 3.63) is 131 Å². The molecule has 0 bridgehead atoms. The van der Waals surface area contributed by atoms with Crippen LogP contribution >= 0.6 is 0 Å². The average molecular weight is 543 g/mol. The van der Waals surface area contributed by atoms with Crippen LogP contribution in [0.1, 0.15) is 22.3 Å². The zero-order chi connectivity index (χ0) is 28.8. The standard InChI is InChI=1S/C38H30N4/c1-39-31-9-5-7-11-33(31)41(3)37-25-29(21-23-35(37)39)19-17-27-13-15-28(16-14-27)18-20-30-22-24-36-38(26-30)42(4)34-12-8-6-10-32(34)40(36)2/h5-16,21-26H,1-4H3. The molecular weight excluding hydrogens is 512 g/mol. The number of anilines is 8. The maximum absolute atomic E-state index is 3.35. The molecule has 0 atom stereocenters. The number of hydrogen-bond acceptors (Lipinski definition) is 4. The number of para-hydroxylation sites is 4. The number of rotatable bonds is 0. The van der Waals surface area contributed by atoms with Crippen molar-refractivity contribution >= 4 is 45.5 Å². The predicted molar refractivity (Wildman–Crippen MR) is 176 cm³/mol. The second kappa shape index (κ2) is 10.1. The lowest BCUT2D eigenvalue weighted by molar-refractivity contribution is 1.09. The van der Waals surface area contributed by atoms with Crippen LogP contribution in [0.2, 0.25) is 0 Å². The molecule has 4 heteroatoms. The Bertz CT molecular complexity index is 1820. The minimum Gasteiger partial charge on any atom is -0.341 e. The minimum atomic E-state index is 0.964. The number of fused-ring (bicyclic) bond motifs is 4. The molecule has 202 valence electrons. The maximum atomic E-state index is 3.35. The Morgan fingerprint density at radius 2 is 0.571 bits per heavy atom. The molecule has 0 radical (unpaired) electrons. The third-order valence-corrected chi connectivity index (χ3v) is 8.19. The van der Waals surface area contributed by atoms with E-state index in [1.165, 1.54) is 34.1 Å². The Labute approximate surface area is 248 Å². The van der Waals surface area contributed by atoms with Gasteiger partial charge in [-0.3, -0.25) is 0 Å². The summed E-state index contributed by atoms with van der Waals surface area (Å²) in [6.07, 6.45) is 0. The molecule has 2 aliphatic rings. The fraction of sp³-hybridized carbons (Fsp3) is 0.105. The molecule has 4 nitrogen and oxygen atoms in total. The van der Waals surface area contributed by atoms with Gasteiger partial charge in [0.15, 0.2) is 0 Å². The molecule has 5 aromatic rings. The van der Waals surface area contributed by atoms with Gasteiger partial charge in [-0.1, -0.05) is 47.9 Å². The van der Waals surface area contributed by atoms with Gasteiger partial charge in [-0.05, 0) is 84.9 Å². The Balaban J connectivity index is 1.09. The smallest absolute Gasteiger partial charge is 0.0662 e. The van der Waals surface area contributed by atoms with Gasteiger partial charge in [0.2, 0.25) is 0 Å². The molecule has 0 amide bonds. The molecule has 7 rings (SSSR count). The highest BCUT2D eigenvalue weighted by Crippen LogP contribution is 2.47. The summed E-state index contributed by atoms with van der Waals surface area (Å²) >= 11 is 0. The van der Waals surface area contributed by atoms with E-state index in [-0.39, 0.29) is 0 Å². The number of benzene rings is 5. The molecule has 5 aromatic carbocycles. The first-order valence-corrected chi connectivity index (χ1v) is 14.0. The van der Waals surface area contributed by atoms with Crippen molar-refractivity contribution in [2.75, 3.05) is 47.8 Å². The summed E-state index contributed by atoms with van der Waals surface area (Å²) in [7, 11) is 8.45. The van der Waals surface area contributed by atoms with Crippen molar-refractivity contribution in [1.82, 2.24) is 0 Å². The monoisotopic (exact) mass is 542 g/mol. The Morgan fingerprint density at radius 1 is 0.310 bits per heavy atom. The van der Waals surface area contributed by atoms with Crippen molar-refractivity contribution in [3.63, 3.8) is 0 Å². The van der Waals surface area contributed by atoms with Crippen LogP contribution in [-0.2, 0) is 0 Å². The summed E-state index contributed by atoms with van der Waals surface area (Å²) in [4.78, 5) is 8.95. The van der Waals surface area contributed by atoms with E-state index in [9.17, 15) is 0 Å². The van der Waals surface area contributed by atoms with Gasteiger partial charge in [0.1, 0.15) is 0 Å². The van der Waals surface area contributed by atoms with E-state index in [0.29, 0.717) is 0 Å². The summed E-state index contributed by atoms with van der Waals surface area (Å²) in [6.45, 7) is 0. The van der Waals surface area contributed by atoms with E-state index < -0.39 is 0 Å². The lowest BCUT2D eigenvalue weighted by Crippen LogP contribution is -2.24. The van der Waals surface area contributed by atoms with E-state index in [4.69, 9.17) is 0 Å². The van der Waals surface area contributed by atoms with Gasteiger partial charge in [0, 0.05) is 50.4 Å². The average Bonchev–Trinajstić information content (AvgIpc) is 3.04. The number of hydrogen-bond donors (Lipinski definition) is 0. The second-order valence-corrected chi connectivity index (χ2v) is 10.7. The number of nitrogens with zero attached hydrogens (tertiary/aromatic N) is 4. The van der Waals surface area contributed by atoms with E-state index >= 15 is 0 Å². The van der Waals surface area contributed by atoms with Crippen molar-refractivity contribution in [3.8, 4) is 23.7 Å². The topological polar surface area (TPSA) is 13.0 Å². The summed E-state index contributed by atoms with van der Waals surface area (Å²) < 4.78 is 0. The lowest BCUT2D eigenvalue weighted by atomic mass is 10.1. The molecule has 0 fully saturated rings. The molecule has 0 aliphatic carbocycles. The third-order valence-electron chi connectivity index (χ3n) is 8.19. The van der Waals surface area contributed by atoms with E-state index in [1.807, 2.05) is 24.3 Å². The molecule has 0 aromatic heterocycles. The molecule has 0 saturated carbocycles. The van der Waals surface area contributed by atoms with Gasteiger partial charge in [0.05, 0.1) is 45.5 Å². The highest BCUT2D eigenvalue weighted by molar-refractivity contribution is 5.94. The fourth-order valence-electron chi connectivity index (χ4n) is 5.81. The highest BCUT2D eigenvalue weighted by atomic mass is 15.2. The van der Waals surface area contributed by atoms with Crippen LogP contribution < -0.4 is 19.6 Å². The second-order valence-electron chi connectivity index (χ2n) is 10.7. The summed E-state index contributed by atoms with van der Waals surface area (Å²) in [5.74, 6) is 13.4. The molecule has 0 unspecified atom stereocenters. The summed E-state index contributed by atoms with van der Waals surface area (Å²) in [5, 5.41) is 0. The minimum absolute atomic E-state index is 0.964. The van der Waals surface area contributed by atoms with Crippen LogP contribution in [0.4, 0.5) is 45.5 Å². The molecule has 0 saturated heterocycles. The van der Waals surface area contributed by atoms with Gasteiger partial charge in [0.25, 0.3) is 0 Å². The SMILES string of the molecule is CN1c2ccccc2N(C)c2cc(C#Cc3ccc(C#Cc4ccc5c(c4)N(C)c4ccccc4N5C)cc3)ccc21. The van der Waals surface area contributed by atoms with Crippen LogP contribution in [0.5, 0.6) is 0 Å². The first-order chi connectivity index (χ1) is 20.5. The van der Waals surface area contributed by atoms with Crippen LogP contribution in [0.25, 0.3) is 0 Å². The molecular formula is C38H30N4. The Kier molecular flexibility index (Phi) is 6.11. The van der Waals surface area contributed by atoms with Crippen molar-refractivity contribution in [2.45, 2.75) is 0 Å². The molecule has 0 N–H and O–H groups in total. The summed E-state index contributed by atoms with van der Waals surface area (Å²) in [5.41, 5.74) is 13.3. The van der Waals surface area contributed by atoms with E-state index in [0.717, 1.165) is 33.6 Å². The Hall–Kier alpha value is -5.58. The van der Waals surface area contributed by atoms with Crippen LogP contribution in [0.15, 0.2) is 109 Å². The maximum Gasteiger partial charge on any atom is 0.0662 e.